The van der Waals surface area contributed by atoms with Crippen molar-refractivity contribution in [2.75, 3.05) is 13.4 Å². The highest BCUT2D eigenvalue weighted by molar-refractivity contribution is 7.90. The fourth-order valence-corrected chi connectivity index (χ4v) is 3.58. The summed E-state index contributed by atoms with van der Waals surface area (Å²) in [6, 6.07) is 12.3. The molecule has 1 atom stereocenters. The number of H-pyrrole nitrogens is 1. The number of hydrogen-bond acceptors (Lipinski definition) is 5. The normalized spacial score (nSPS) is 12.5. The van der Waals surface area contributed by atoms with Crippen LogP contribution in [-0.2, 0) is 25.8 Å². The Kier molecular flexibility index (Phi) is 5.51. The molecule has 0 aliphatic carbocycles. The quantitative estimate of drug-likeness (QED) is 0.617. The fraction of sp³-hybridized carbons (Fsp3) is 0.200. The van der Waals surface area contributed by atoms with Gasteiger partial charge in [0, 0.05) is 35.3 Å². The number of hydrogen-bond donors (Lipinski definition) is 2. The lowest BCUT2D eigenvalue weighted by Crippen LogP contribution is -2.43. The van der Waals surface area contributed by atoms with E-state index in [0.29, 0.717) is 0 Å². The molecule has 0 spiro atoms. The second-order valence-corrected chi connectivity index (χ2v) is 8.43. The number of methoxy groups -OCH3 is 1. The minimum Gasteiger partial charge on any atom is -0.467 e. The Morgan fingerprint density at radius 3 is 2.43 bits per heavy atom. The number of sulfone groups is 1. The van der Waals surface area contributed by atoms with E-state index < -0.39 is 27.8 Å². The van der Waals surface area contributed by atoms with Gasteiger partial charge < -0.3 is 15.0 Å². The van der Waals surface area contributed by atoms with E-state index in [9.17, 15) is 18.0 Å². The maximum absolute atomic E-state index is 12.6. The summed E-state index contributed by atoms with van der Waals surface area (Å²) in [7, 11) is -2.09. The van der Waals surface area contributed by atoms with Crippen LogP contribution in [-0.4, -0.2) is 44.7 Å². The third-order valence-corrected chi connectivity index (χ3v) is 5.56. The summed E-state index contributed by atoms with van der Waals surface area (Å²) in [5.41, 5.74) is 2.06. The van der Waals surface area contributed by atoms with Crippen molar-refractivity contribution in [1.82, 2.24) is 10.3 Å². The summed E-state index contributed by atoms with van der Waals surface area (Å²) in [5, 5.41) is 3.63. The number of rotatable bonds is 6. The molecule has 28 heavy (non-hydrogen) atoms. The molecule has 0 aliphatic heterocycles. The van der Waals surface area contributed by atoms with Crippen molar-refractivity contribution < 1.29 is 22.7 Å². The van der Waals surface area contributed by atoms with Gasteiger partial charge in [0.25, 0.3) is 5.91 Å². The van der Waals surface area contributed by atoms with E-state index in [1.165, 1.54) is 31.4 Å². The summed E-state index contributed by atoms with van der Waals surface area (Å²) in [4.78, 5) is 28.0. The molecular formula is C20H20N2O5S. The molecule has 0 radical (unpaired) electrons. The van der Waals surface area contributed by atoms with Crippen LogP contribution in [0.1, 0.15) is 15.9 Å². The van der Waals surface area contributed by atoms with Crippen molar-refractivity contribution in [3.05, 3.63) is 65.9 Å². The molecule has 146 valence electrons. The number of para-hydroxylation sites is 1. The van der Waals surface area contributed by atoms with Gasteiger partial charge in [-0.05, 0) is 35.9 Å². The van der Waals surface area contributed by atoms with Crippen LogP contribution in [0.25, 0.3) is 10.9 Å². The standard InChI is InChI=1S/C20H20N2O5S/c1-27-20(24)18(11-14-12-21-17-6-4-3-5-16(14)17)22-19(23)13-7-9-15(10-8-13)28(2,25)26/h3-10,12,18,21H,11H2,1-2H3,(H,22,23). The smallest absolute Gasteiger partial charge is 0.328 e. The average Bonchev–Trinajstić information content (AvgIpc) is 3.09. The van der Waals surface area contributed by atoms with Crippen LogP contribution < -0.4 is 5.32 Å². The van der Waals surface area contributed by atoms with Gasteiger partial charge in [-0.1, -0.05) is 18.2 Å². The molecule has 0 bridgehead atoms. The van der Waals surface area contributed by atoms with Crippen molar-refractivity contribution in [2.24, 2.45) is 0 Å². The van der Waals surface area contributed by atoms with E-state index in [0.717, 1.165) is 22.7 Å². The van der Waals surface area contributed by atoms with Gasteiger partial charge in [0.2, 0.25) is 0 Å². The molecule has 0 fully saturated rings. The zero-order valence-electron chi connectivity index (χ0n) is 15.4. The minimum atomic E-state index is -3.35. The monoisotopic (exact) mass is 400 g/mol. The van der Waals surface area contributed by atoms with Gasteiger partial charge in [-0.3, -0.25) is 4.79 Å². The van der Waals surface area contributed by atoms with Crippen molar-refractivity contribution in [3.8, 4) is 0 Å². The molecule has 8 heteroatoms. The average molecular weight is 400 g/mol. The number of benzene rings is 2. The largest absolute Gasteiger partial charge is 0.467 e. The van der Waals surface area contributed by atoms with Crippen LogP contribution in [0.5, 0.6) is 0 Å². The molecule has 1 heterocycles. The Hall–Kier alpha value is -3.13. The van der Waals surface area contributed by atoms with Gasteiger partial charge >= 0.3 is 5.97 Å². The number of amides is 1. The number of ether oxygens (including phenoxy) is 1. The van der Waals surface area contributed by atoms with Gasteiger partial charge in [-0.15, -0.1) is 0 Å². The summed E-state index contributed by atoms with van der Waals surface area (Å²) in [6.07, 6.45) is 3.15. The Morgan fingerprint density at radius 2 is 1.79 bits per heavy atom. The van der Waals surface area contributed by atoms with E-state index in [1.54, 1.807) is 6.20 Å². The highest BCUT2D eigenvalue weighted by atomic mass is 32.2. The second kappa shape index (κ2) is 7.85. The van der Waals surface area contributed by atoms with Crippen LogP contribution in [0.2, 0.25) is 0 Å². The van der Waals surface area contributed by atoms with Crippen LogP contribution in [0.15, 0.2) is 59.6 Å². The molecule has 1 amide bonds. The van der Waals surface area contributed by atoms with Gasteiger partial charge in [0.1, 0.15) is 6.04 Å². The van der Waals surface area contributed by atoms with Crippen LogP contribution in [0, 0.1) is 0 Å². The predicted molar refractivity (Wildman–Crippen MR) is 105 cm³/mol. The highest BCUT2D eigenvalue weighted by Gasteiger charge is 2.24. The zero-order valence-corrected chi connectivity index (χ0v) is 16.2. The van der Waals surface area contributed by atoms with Crippen molar-refractivity contribution in [3.63, 3.8) is 0 Å². The number of fused-ring (bicyclic) bond motifs is 1. The van der Waals surface area contributed by atoms with Crippen LogP contribution in [0.4, 0.5) is 0 Å². The molecule has 1 unspecified atom stereocenters. The topological polar surface area (TPSA) is 105 Å². The molecule has 1 aromatic heterocycles. The van der Waals surface area contributed by atoms with E-state index in [2.05, 4.69) is 10.3 Å². The van der Waals surface area contributed by atoms with Crippen molar-refractivity contribution in [1.29, 1.82) is 0 Å². The first-order chi connectivity index (χ1) is 13.3. The van der Waals surface area contributed by atoms with Crippen LogP contribution >= 0.6 is 0 Å². The first-order valence-corrected chi connectivity index (χ1v) is 10.4. The fourth-order valence-electron chi connectivity index (χ4n) is 2.95. The number of aromatic amines is 1. The summed E-state index contributed by atoms with van der Waals surface area (Å²) < 4.78 is 27.9. The van der Waals surface area contributed by atoms with E-state index in [-0.39, 0.29) is 16.9 Å². The molecule has 0 saturated heterocycles. The molecule has 0 aliphatic rings. The van der Waals surface area contributed by atoms with Crippen molar-refractivity contribution in [2.45, 2.75) is 17.4 Å². The lowest BCUT2D eigenvalue weighted by atomic mass is 10.0. The number of esters is 1. The minimum absolute atomic E-state index is 0.118. The third kappa shape index (κ3) is 4.23. The number of carbonyl (C=O) groups excluding carboxylic acids is 2. The maximum atomic E-state index is 12.6. The molecule has 7 nitrogen and oxygen atoms in total. The lowest BCUT2D eigenvalue weighted by Gasteiger charge is -2.16. The van der Waals surface area contributed by atoms with E-state index >= 15 is 0 Å². The zero-order chi connectivity index (χ0) is 20.3. The van der Waals surface area contributed by atoms with Gasteiger partial charge in [-0.2, -0.15) is 0 Å². The van der Waals surface area contributed by atoms with E-state index in [4.69, 9.17) is 4.74 Å². The molecule has 2 aromatic carbocycles. The third-order valence-electron chi connectivity index (χ3n) is 4.43. The van der Waals surface area contributed by atoms with E-state index in [1.807, 2.05) is 24.3 Å². The second-order valence-electron chi connectivity index (χ2n) is 6.41. The molecule has 2 N–H and O–H groups in total. The molecule has 0 saturated carbocycles. The van der Waals surface area contributed by atoms with Gasteiger partial charge in [0.15, 0.2) is 9.84 Å². The first kappa shape index (κ1) is 19.6. The Balaban J connectivity index is 1.81. The SMILES string of the molecule is COC(=O)C(Cc1c[nH]c2ccccc12)NC(=O)c1ccc(S(C)(=O)=O)cc1. The summed E-state index contributed by atoms with van der Waals surface area (Å²) in [5.74, 6) is -1.05. The Morgan fingerprint density at radius 1 is 1.11 bits per heavy atom. The highest BCUT2D eigenvalue weighted by Crippen LogP contribution is 2.19. The molecule has 3 aromatic rings. The van der Waals surface area contributed by atoms with Crippen molar-refractivity contribution >= 4 is 32.6 Å². The summed E-state index contributed by atoms with van der Waals surface area (Å²) >= 11 is 0. The van der Waals surface area contributed by atoms with Gasteiger partial charge in [0.05, 0.1) is 12.0 Å². The number of nitrogens with one attached hydrogen (secondary N) is 2. The predicted octanol–water partition coefficient (Wildman–Crippen LogP) is 2.09. The number of aromatic nitrogens is 1. The first-order valence-electron chi connectivity index (χ1n) is 8.53. The van der Waals surface area contributed by atoms with Gasteiger partial charge in [-0.25, -0.2) is 13.2 Å². The Labute approximate surface area is 162 Å². The number of carbonyl (C=O) groups is 2. The lowest BCUT2D eigenvalue weighted by molar-refractivity contribution is -0.142. The molecule has 3 rings (SSSR count). The van der Waals surface area contributed by atoms with Crippen LogP contribution in [0.3, 0.4) is 0 Å². The molecular weight excluding hydrogens is 380 g/mol. The maximum Gasteiger partial charge on any atom is 0.328 e. The summed E-state index contributed by atoms with van der Waals surface area (Å²) in [6.45, 7) is 0. The Bertz CT molecular complexity index is 1120.